The third kappa shape index (κ3) is 7.62. The van der Waals surface area contributed by atoms with Crippen molar-refractivity contribution in [3.8, 4) is 0 Å². The molecule has 1 aliphatic rings. The van der Waals surface area contributed by atoms with Crippen molar-refractivity contribution in [2.24, 2.45) is 10.9 Å². The number of halogens is 1. The molecule has 0 amide bonds. The summed E-state index contributed by atoms with van der Waals surface area (Å²) < 4.78 is 23.3. The van der Waals surface area contributed by atoms with E-state index in [1.165, 1.54) is 11.1 Å². The number of sulfone groups is 1. The van der Waals surface area contributed by atoms with Gasteiger partial charge in [-0.1, -0.05) is 60.7 Å². The Bertz CT molecular complexity index is 873. The van der Waals surface area contributed by atoms with Crippen LogP contribution in [0, 0.1) is 5.92 Å². The van der Waals surface area contributed by atoms with Crippen LogP contribution in [0.5, 0.6) is 0 Å². The lowest BCUT2D eigenvalue weighted by atomic mass is 9.92. The molecule has 1 aliphatic heterocycles. The van der Waals surface area contributed by atoms with Gasteiger partial charge in [0.1, 0.15) is 0 Å². The van der Waals surface area contributed by atoms with Gasteiger partial charge in [-0.25, -0.2) is 8.42 Å². The van der Waals surface area contributed by atoms with Gasteiger partial charge in [-0.15, -0.1) is 24.0 Å². The van der Waals surface area contributed by atoms with Gasteiger partial charge in [-0.05, 0) is 29.9 Å². The van der Waals surface area contributed by atoms with Crippen molar-refractivity contribution in [2.75, 3.05) is 31.6 Å². The molecule has 1 fully saturated rings. The molecule has 5 nitrogen and oxygen atoms in total. The van der Waals surface area contributed by atoms with Gasteiger partial charge < -0.3 is 10.6 Å². The third-order valence-electron chi connectivity index (χ3n) is 5.22. The van der Waals surface area contributed by atoms with Gasteiger partial charge >= 0.3 is 0 Å². The molecular weight excluding hydrogens is 497 g/mol. The first-order chi connectivity index (χ1) is 13.6. The van der Waals surface area contributed by atoms with Crippen molar-refractivity contribution < 1.29 is 8.42 Å². The summed E-state index contributed by atoms with van der Waals surface area (Å²) in [4.78, 5) is 4.30. The zero-order chi connectivity index (χ0) is 19.8. The summed E-state index contributed by atoms with van der Waals surface area (Å²) in [5.41, 5.74) is 2.59. The molecular formula is C22H30IN3O2S. The van der Waals surface area contributed by atoms with E-state index < -0.39 is 9.84 Å². The fraction of sp³-hybridized carbons (Fsp3) is 0.409. The standard InChI is InChI=1S/C22H29N3O2S.HI/c1-23-22(24-15-19-12-13-28(26,27)17-19)25-16-21(20-10-6-3-7-11-20)14-18-8-4-2-5-9-18;/h2-11,19,21H,12-17H2,1H3,(H2,23,24,25);1H. The second-order valence-electron chi connectivity index (χ2n) is 7.40. The van der Waals surface area contributed by atoms with Crippen LogP contribution < -0.4 is 10.6 Å². The van der Waals surface area contributed by atoms with E-state index in [1.807, 2.05) is 12.1 Å². The van der Waals surface area contributed by atoms with Gasteiger partial charge in [-0.2, -0.15) is 0 Å². The smallest absolute Gasteiger partial charge is 0.191 e. The SMILES string of the molecule is CN=C(NCC1CCS(=O)(=O)C1)NCC(Cc1ccccc1)c1ccccc1.I. The average molecular weight is 527 g/mol. The minimum atomic E-state index is -2.85. The fourth-order valence-electron chi connectivity index (χ4n) is 3.65. The van der Waals surface area contributed by atoms with E-state index in [4.69, 9.17) is 0 Å². The maximum Gasteiger partial charge on any atom is 0.191 e. The summed E-state index contributed by atoms with van der Waals surface area (Å²) >= 11 is 0. The van der Waals surface area contributed by atoms with Crippen LogP contribution in [0.3, 0.4) is 0 Å². The van der Waals surface area contributed by atoms with Crippen LogP contribution in [0.25, 0.3) is 0 Å². The molecule has 2 atom stereocenters. The highest BCUT2D eigenvalue weighted by molar-refractivity contribution is 14.0. The van der Waals surface area contributed by atoms with Crippen molar-refractivity contribution in [1.82, 2.24) is 10.6 Å². The molecule has 0 spiro atoms. The predicted molar refractivity (Wildman–Crippen MR) is 131 cm³/mol. The van der Waals surface area contributed by atoms with Crippen LogP contribution in [-0.2, 0) is 16.3 Å². The highest BCUT2D eigenvalue weighted by atomic mass is 127. The third-order valence-corrected chi connectivity index (χ3v) is 7.06. The Balaban J connectivity index is 0.00000300. The Morgan fingerprint density at radius 1 is 1.07 bits per heavy atom. The van der Waals surface area contributed by atoms with E-state index in [1.54, 1.807) is 7.05 Å². The van der Waals surface area contributed by atoms with E-state index in [0.29, 0.717) is 18.2 Å². The van der Waals surface area contributed by atoms with Crippen molar-refractivity contribution in [3.05, 3.63) is 71.8 Å². The number of guanidine groups is 1. The predicted octanol–water partition coefficient (Wildman–Crippen LogP) is 3.23. The zero-order valence-corrected chi connectivity index (χ0v) is 19.9. The van der Waals surface area contributed by atoms with E-state index in [9.17, 15) is 8.42 Å². The van der Waals surface area contributed by atoms with Crippen LogP contribution in [0.2, 0.25) is 0 Å². The van der Waals surface area contributed by atoms with Crippen LogP contribution in [0.4, 0.5) is 0 Å². The zero-order valence-electron chi connectivity index (χ0n) is 16.8. The molecule has 0 aromatic heterocycles. The quantitative estimate of drug-likeness (QED) is 0.330. The number of nitrogens with one attached hydrogen (secondary N) is 2. The van der Waals surface area contributed by atoms with E-state index in [2.05, 4.69) is 64.2 Å². The average Bonchev–Trinajstić information content (AvgIpc) is 3.07. The molecule has 3 rings (SSSR count). The van der Waals surface area contributed by atoms with E-state index in [0.717, 1.165) is 25.3 Å². The van der Waals surface area contributed by atoms with Crippen molar-refractivity contribution >= 4 is 39.8 Å². The first kappa shape index (κ1) is 23.7. The Kier molecular flexibility index (Phi) is 9.42. The minimum absolute atomic E-state index is 0. The molecule has 0 saturated carbocycles. The topological polar surface area (TPSA) is 70.6 Å². The second kappa shape index (κ2) is 11.5. The summed E-state index contributed by atoms with van der Waals surface area (Å²) in [5, 5.41) is 6.72. The number of nitrogens with zero attached hydrogens (tertiary/aromatic N) is 1. The van der Waals surface area contributed by atoms with E-state index >= 15 is 0 Å². The molecule has 2 aromatic rings. The molecule has 29 heavy (non-hydrogen) atoms. The molecule has 2 N–H and O–H groups in total. The van der Waals surface area contributed by atoms with Crippen LogP contribution in [0.15, 0.2) is 65.7 Å². The number of benzene rings is 2. The fourth-order valence-corrected chi connectivity index (χ4v) is 5.51. The van der Waals surface area contributed by atoms with Gasteiger partial charge in [0.2, 0.25) is 0 Å². The summed E-state index contributed by atoms with van der Waals surface area (Å²) in [6.45, 7) is 1.38. The highest BCUT2D eigenvalue weighted by Crippen LogP contribution is 2.20. The number of aliphatic imine (C=N–C) groups is 1. The Morgan fingerprint density at radius 2 is 1.72 bits per heavy atom. The van der Waals surface area contributed by atoms with Crippen molar-refractivity contribution in [3.63, 3.8) is 0 Å². The van der Waals surface area contributed by atoms with Gasteiger partial charge in [0.05, 0.1) is 11.5 Å². The summed E-state index contributed by atoms with van der Waals surface area (Å²) in [6.07, 6.45) is 1.67. The lowest BCUT2D eigenvalue weighted by Crippen LogP contribution is -2.41. The molecule has 158 valence electrons. The molecule has 7 heteroatoms. The van der Waals surface area contributed by atoms with Crippen LogP contribution >= 0.6 is 24.0 Å². The summed E-state index contributed by atoms with van der Waals surface area (Å²) in [6, 6.07) is 21.0. The Morgan fingerprint density at radius 3 is 2.31 bits per heavy atom. The minimum Gasteiger partial charge on any atom is -0.356 e. The number of rotatable bonds is 7. The normalized spacial score (nSPS) is 19.2. The summed E-state index contributed by atoms with van der Waals surface area (Å²) in [5.74, 6) is 1.78. The Hall–Kier alpha value is -1.61. The monoisotopic (exact) mass is 527 g/mol. The lowest BCUT2D eigenvalue weighted by molar-refractivity contribution is 0.563. The molecule has 0 radical (unpaired) electrons. The van der Waals surface area contributed by atoms with Gasteiger partial charge in [0, 0.05) is 26.1 Å². The summed E-state index contributed by atoms with van der Waals surface area (Å²) in [7, 11) is -1.10. The molecule has 0 bridgehead atoms. The van der Waals surface area contributed by atoms with Crippen molar-refractivity contribution in [2.45, 2.75) is 18.8 Å². The highest BCUT2D eigenvalue weighted by Gasteiger charge is 2.27. The van der Waals surface area contributed by atoms with Crippen LogP contribution in [0.1, 0.15) is 23.5 Å². The maximum absolute atomic E-state index is 11.6. The molecule has 0 aliphatic carbocycles. The molecule has 1 heterocycles. The van der Waals surface area contributed by atoms with Gasteiger partial charge in [0.25, 0.3) is 0 Å². The maximum atomic E-state index is 11.6. The molecule has 2 unspecified atom stereocenters. The first-order valence-corrected chi connectivity index (χ1v) is 11.6. The number of hydrogen-bond donors (Lipinski definition) is 2. The van der Waals surface area contributed by atoms with E-state index in [-0.39, 0.29) is 35.6 Å². The lowest BCUT2D eigenvalue weighted by Gasteiger charge is -2.21. The first-order valence-electron chi connectivity index (χ1n) is 9.79. The van der Waals surface area contributed by atoms with Gasteiger partial charge in [0.15, 0.2) is 15.8 Å². The second-order valence-corrected chi connectivity index (χ2v) is 9.63. The molecule has 2 aromatic carbocycles. The van der Waals surface area contributed by atoms with Crippen LogP contribution in [-0.4, -0.2) is 46.0 Å². The number of hydrogen-bond acceptors (Lipinski definition) is 3. The van der Waals surface area contributed by atoms with Crippen molar-refractivity contribution in [1.29, 1.82) is 0 Å². The Labute approximate surface area is 191 Å². The van der Waals surface area contributed by atoms with Gasteiger partial charge in [-0.3, -0.25) is 4.99 Å². The largest absolute Gasteiger partial charge is 0.356 e. The molecule has 1 saturated heterocycles.